The van der Waals surface area contributed by atoms with Gasteiger partial charge in [0.05, 0.1) is 11.5 Å². The van der Waals surface area contributed by atoms with Crippen LogP contribution in [0, 0.1) is 10.1 Å². The van der Waals surface area contributed by atoms with Crippen molar-refractivity contribution in [1.82, 2.24) is 4.90 Å². The standard InChI is InChI=1S/C20H24ClN3O3/c1-20(2,3)15-5-7-16(8-6-15)22-19(25)13-23(4)12-14-11-17(24(26)27)9-10-18(14)21/h5-11H,12-13H2,1-4H3,(H,22,25). The van der Waals surface area contributed by atoms with Crippen LogP contribution in [0.5, 0.6) is 0 Å². The van der Waals surface area contributed by atoms with Crippen LogP contribution >= 0.6 is 11.6 Å². The van der Waals surface area contributed by atoms with Crippen LogP contribution in [-0.2, 0) is 16.8 Å². The van der Waals surface area contributed by atoms with Crippen LogP contribution in [0.4, 0.5) is 11.4 Å². The van der Waals surface area contributed by atoms with Crippen molar-refractivity contribution in [2.24, 2.45) is 0 Å². The molecule has 0 spiro atoms. The SMILES string of the molecule is CN(CC(=O)Nc1ccc(C(C)(C)C)cc1)Cc1cc([N+](=O)[O-])ccc1Cl. The molecular formula is C20H24ClN3O3. The van der Waals surface area contributed by atoms with Crippen molar-refractivity contribution < 1.29 is 9.72 Å². The molecule has 0 aromatic heterocycles. The van der Waals surface area contributed by atoms with Gasteiger partial charge in [0.2, 0.25) is 5.91 Å². The lowest BCUT2D eigenvalue weighted by atomic mass is 9.87. The van der Waals surface area contributed by atoms with E-state index in [0.29, 0.717) is 17.1 Å². The van der Waals surface area contributed by atoms with Gasteiger partial charge in [-0.1, -0.05) is 44.5 Å². The van der Waals surface area contributed by atoms with Crippen LogP contribution in [0.1, 0.15) is 31.9 Å². The smallest absolute Gasteiger partial charge is 0.269 e. The van der Waals surface area contributed by atoms with E-state index in [4.69, 9.17) is 11.6 Å². The van der Waals surface area contributed by atoms with E-state index in [1.807, 2.05) is 24.3 Å². The fourth-order valence-electron chi connectivity index (χ4n) is 2.64. The normalized spacial score (nSPS) is 11.5. The second kappa shape index (κ2) is 8.50. The monoisotopic (exact) mass is 389 g/mol. The molecule has 6 nitrogen and oxygen atoms in total. The summed E-state index contributed by atoms with van der Waals surface area (Å²) in [4.78, 5) is 24.5. The zero-order valence-electron chi connectivity index (χ0n) is 16.0. The number of nitrogens with zero attached hydrogens (tertiary/aromatic N) is 2. The number of nitrogens with one attached hydrogen (secondary N) is 1. The van der Waals surface area contributed by atoms with Gasteiger partial charge in [-0.15, -0.1) is 0 Å². The minimum Gasteiger partial charge on any atom is -0.325 e. The Labute approximate surface area is 164 Å². The van der Waals surface area contributed by atoms with Crippen LogP contribution in [0.25, 0.3) is 0 Å². The zero-order chi connectivity index (χ0) is 20.2. The number of carbonyl (C=O) groups excluding carboxylic acids is 1. The van der Waals surface area contributed by atoms with Gasteiger partial charge in [-0.25, -0.2) is 0 Å². The summed E-state index contributed by atoms with van der Waals surface area (Å²) in [5, 5.41) is 14.2. The fraction of sp³-hybridized carbons (Fsp3) is 0.350. The first-order valence-electron chi connectivity index (χ1n) is 8.58. The molecule has 0 saturated carbocycles. The molecule has 0 aliphatic heterocycles. The van der Waals surface area contributed by atoms with E-state index in [9.17, 15) is 14.9 Å². The maximum absolute atomic E-state index is 12.3. The Morgan fingerprint density at radius 3 is 2.37 bits per heavy atom. The molecule has 0 bridgehead atoms. The Bertz CT molecular complexity index is 829. The quantitative estimate of drug-likeness (QED) is 0.578. The van der Waals surface area contributed by atoms with E-state index in [0.717, 1.165) is 5.69 Å². The number of hydrogen-bond donors (Lipinski definition) is 1. The van der Waals surface area contributed by atoms with Gasteiger partial charge in [-0.3, -0.25) is 19.8 Å². The van der Waals surface area contributed by atoms with Crippen LogP contribution in [0.3, 0.4) is 0 Å². The fourth-order valence-corrected chi connectivity index (χ4v) is 2.82. The zero-order valence-corrected chi connectivity index (χ0v) is 16.7. The van der Waals surface area contributed by atoms with Crippen molar-refractivity contribution in [3.05, 3.63) is 68.7 Å². The third-order valence-corrected chi connectivity index (χ3v) is 4.50. The Hall–Kier alpha value is -2.44. The lowest BCUT2D eigenvalue weighted by molar-refractivity contribution is -0.384. The summed E-state index contributed by atoms with van der Waals surface area (Å²) in [6.45, 7) is 6.87. The molecule has 144 valence electrons. The predicted octanol–water partition coefficient (Wildman–Crippen LogP) is 4.62. The molecule has 0 aliphatic carbocycles. The minimum absolute atomic E-state index is 0.0220. The number of carbonyl (C=O) groups is 1. The maximum Gasteiger partial charge on any atom is 0.269 e. The summed E-state index contributed by atoms with van der Waals surface area (Å²) in [7, 11) is 1.76. The molecule has 2 aromatic carbocycles. The van der Waals surface area contributed by atoms with Gasteiger partial charge in [-0.05, 0) is 41.8 Å². The second-order valence-corrected chi connectivity index (χ2v) is 7.99. The Morgan fingerprint density at radius 1 is 1.19 bits per heavy atom. The molecule has 0 heterocycles. The first-order chi connectivity index (χ1) is 12.6. The van der Waals surface area contributed by atoms with E-state index in [1.165, 1.54) is 23.8 Å². The molecule has 0 saturated heterocycles. The van der Waals surface area contributed by atoms with Gasteiger partial charge in [0, 0.05) is 29.4 Å². The second-order valence-electron chi connectivity index (χ2n) is 7.58. The van der Waals surface area contributed by atoms with Gasteiger partial charge >= 0.3 is 0 Å². The number of non-ortho nitro benzene ring substituents is 1. The highest BCUT2D eigenvalue weighted by molar-refractivity contribution is 6.31. The average Bonchev–Trinajstić information content (AvgIpc) is 2.56. The summed E-state index contributed by atoms with van der Waals surface area (Å²) in [5.74, 6) is -0.164. The van der Waals surface area contributed by atoms with E-state index >= 15 is 0 Å². The van der Waals surface area contributed by atoms with Crippen molar-refractivity contribution in [1.29, 1.82) is 0 Å². The molecule has 27 heavy (non-hydrogen) atoms. The molecular weight excluding hydrogens is 366 g/mol. The number of nitro benzene ring substituents is 1. The molecule has 0 radical (unpaired) electrons. The molecule has 0 unspecified atom stereocenters. The number of amides is 1. The Kier molecular flexibility index (Phi) is 6.57. The summed E-state index contributed by atoms with van der Waals surface area (Å²) in [6.07, 6.45) is 0. The lowest BCUT2D eigenvalue weighted by Crippen LogP contribution is -2.30. The number of benzene rings is 2. The van der Waals surface area contributed by atoms with Gasteiger partial charge < -0.3 is 5.32 Å². The van der Waals surface area contributed by atoms with E-state index in [1.54, 1.807) is 11.9 Å². The van der Waals surface area contributed by atoms with E-state index in [-0.39, 0.29) is 23.6 Å². The number of anilines is 1. The third-order valence-electron chi connectivity index (χ3n) is 4.13. The van der Waals surface area contributed by atoms with Crippen LogP contribution < -0.4 is 5.32 Å². The Balaban J connectivity index is 1.96. The third kappa shape index (κ3) is 6.05. The number of halogens is 1. The molecule has 2 rings (SSSR count). The highest BCUT2D eigenvalue weighted by atomic mass is 35.5. The van der Waals surface area contributed by atoms with Crippen molar-refractivity contribution in [2.45, 2.75) is 32.7 Å². The van der Waals surface area contributed by atoms with Crippen molar-refractivity contribution in [2.75, 3.05) is 18.9 Å². The van der Waals surface area contributed by atoms with E-state index < -0.39 is 4.92 Å². The van der Waals surface area contributed by atoms with Gasteiger partial charge in [0.1, 0.15) is 0 Å². The molecule has 1 N–H and O–H groups in total. The summed E-state index contributed by atoms with van der Waals surface area (Å²) in [5.41, 5.74) is 2.56. The highest BCUT2D eigenvalue weighted by Gasteiger charge is 2.15. The van der Waals surface area contributed by atoms with Crippen molar-refractivity contribution in [3.8, 4) is 0 Å². The Morgan fingerprint density at radius 2 is 1.81 bits per heavy atom. The first-order valence-corrected chi connectivity index (χ1v) is 8.96. The molecule has 0 atom stereocenters. The topological polar surface area (TPSA) is 75.5 Å². The molecule has 0 fully saturated rings. The number of likely N-dealkylation sites (N-methyl/N-ethyl adjacent to an activating group) is 1. The van der Waals surface area contributed by atoms with Gasteiger partial charge in [0.25, 0.3) is 5.69 Å². The molecule has 1 amide bonds. The number of rotatable bonds is 6. The number of hydrogen-bond acceptors (Lipinski definition) is 4. The van der Waals surface area contributed by atoms with Crippen molar-refractivity contribution in [3.63, 3.8) is 0 Å². The van der Waals surface area contributed by atoms with E-state index in [2.05, 4.69) is 26.1 Å². The highest BCUT2D eigenvalue weighted by Crippen LogP contribution is 2.24. The van der Waals surface area contributed by atoms with Gasteiger partial charge in [0.15, 0.2) is 0 Å². The summed E-state index contributed by atoms with van der Waals surface area (Å²) < 4.78 is 0. The van der Waals surface area contributed by atoms with Crippen LogP contribution in [0.15, 0.2) is 42.5 Å². The van der Waals surface area contributed by atoms with Gasteiger partial charge in [-0.2, -0.15) is 0 Å². The van der Waals surface area contributed by atoms with Crippen LogP contribution in [0.2, 0.25) is 5.02 Å². The molecule has 2 aromatic rings. The molecule has 0 aliphatic rings. The minimum atomic E-state index is -0.464. The molecule has 7 heteroatoms. The largest absolute Gasteiger partial charge is 0.325 e. The lowest BCUT2D eigenvalue weighted by Gasteiger charge is -2.20. The maximum atomic E-state index is 12.3. The number of nitro groups is 1. The van der Waals surface area contributed by atoms with Crippen LogP contribution in [-0.4, -0.2) is 29.3 Å². The summed E-state index contributed by atoms with van der Waals surface area (Å²) >= 11 is 6.11. The summed E-state index contributed by atoms with van der Waals surface area (Å²) in [6, 6.07) is 12.1. The average molecular weight is 390 g/mol. The predicted molar refractivity (Wildman–Crippen MR) is 108 cm³/mol. The first kappa shape index (κ1) is 20.9. The van der Waals surface area contributed by atoms with Crippen molar-refractivity contribution >= 4 is 28.9 Å².